The molecule has 0 radical (unpaired) electrons. The van der Waals surface area contributed by atoms with Crippen LogP contribution in [0.4, 0.5) is 11.6 Å². The lowest BCUT2D eigenvalue weighted by Crippen LogP contribution is -2.25. The number of hydrogen-bond donors (Lipinski definition) is 1. The number of rotatable bonds is 7. The quantitative estimate of drug-likeness (QED) is 0.766. The molecule has 1 rings (SSSR count). The summed E-state index contributed by atoms with van der Waals surface area (Å²) in [6, 6.07) is 6.16. The van der Waals surface area contributed by atoms with Crippen molar-refractivity contribution in [2.24, 2.45) is 0 Å². The van der Waals surface area contributed by atoms with Gasteiger partial charge in [0.2, 0.25) is 0 Å². The van der Waals surface area contributed by atoms with Crippen molar-refractivity contribution in [3.63, 3.8) is 0 Å². The van der Waals surface area contributed by atoms with E-state index in [0.29, 0.717) is 0 Å². The maximum atomic E-state index is 4.60. The van der Waals surface area contributed by atoms with Crippen molar-refractivity contribution >= 4 is 11.6 Å². The van der Waals surface area contributed by atoms with Crippen LogP contribution in [0.1, 0.15) is 33.6 Å². The molecule has 0 aliphatic carbocycles. The van der Waals surface area contributed by atoms with E-state index < -0.39 is 0 Å². The Balaban J connectivity index is 2.71. The minimum absolute atomic E-state index is 0.914. The molecule has 16 heavy (non-hydrogen) atoms. The molecule has 0 spiro atoms. The van der Waals surface area contributed by atoms with Crippen LogP contribution < -0.4 is 10.2 Å². The van der Waals surface area contributed by atoms with Crippen molar-refractivity contribution < 1.29 is 0 Å². The van der Waals surface area contributed by atoms with Gasteiger partial charge in [0.05, 0.1) is 0 Å². The van der Waals surface area contributed by atoms with Crippen LogP contribution in [0, 0.1) is 0 Å². The molecule has 90 valence electrons. The van der Waals surface area contributed by atoms with Crippen LogP contribution in [0.3, 0.4) is 0 Å². The highest BCUT2D eigenvalue weighted by atomic mass is 15.2. The summed E-state index contributed by atoms with van der Waals surface area (Å²) in [5.41, 5.74) is 0. The zero-order valence-electron chi connectivity index (χ0n) is 10.7. The second-order valence-corrected chi connectivity index (χ2v) is 3.84. The number of unbranched alkanes of at least 4 members (excludes halogenated alkanes) is 1. The number of nitrogens with one attached hydrogen (secondary N) is 1. The Kier molecular flexibility index (Phi) is 5.68. The van der Waals surface area contributed by atoms with E-state index in [-0.39, 0.29) is 0 Å². The van der Waals surface area contributed by atoms with E-state index in [2.05, 4.69) is 48.1 Å². The number of pyridine rings is 1. The Morgan fingerprint density at radius 2 is 2.06 bits per heavy atom. The van der Waals surface area contributed by atoms with Gasteiger partial charge in [0.15, 0.2) is 0 Å². The highest BCUT2D eigenvalue weighted by Gasteiger charge is 2.05. The van der Waals surface area contributed by atoms with Gasteiger partial charge in [-0.25, -0.2) is 4.98 Å². The second-order valence-electron chi connectivity index (χ2n) is 3.84. The van der Waals surface area contributed by atoms with Crippen LogP contribution >= 0.6 is 0 Å². The van der Waals surface area contributed by atoms with E-state index in [1.165, 1.54) is 12.8 Å². The number of anilines is 2. The molecule has 1 aromatic rings. The Labute approximate surface area is 98.9 Å². The van der Waals surface area contributed by atoms with E-state index >= 15 is 0 Å². The van der Waals surface area contributed by atoms with Crippen LogP contribution in [0.5, 0.6) is 0 Å². The van der Waals surface area contributed by atoms with Gasteiger partial charge in [-0.1, -0.05) is 19.4 Å². The lowest BCUT2D eigenvalue weighted by Gasteiger charge is -2.22. The Morgan fingerprint density at radius 1 is 1.25 bits per heavy atom. The third kappa shape index (κ3) is 3.72. The predicted octanol–water partition coefficient (Wildman–Crippen LogP) is 3.14. The zero-order chi connectivity index (χ0) is 11.8. The predicted molar refractivity (Wildman–Crippen MR) is 71.2 cm³/mol. The monoisotopic (exact) mass is 221 g/mol. The third-order valence-corrected chi connectivity index (χ3v) is 2.58. The minimum Gasteiger partial charge on any atom is -0.370 e. The molecule has 0 unspecified atom stereocenters. The molecular formula is C13H23N3. The lowest BCUT2D eigenvalue weighted by atomic mass is 10.3. The Morgan fingerprint density at radius 3 is 2.69 bits per heavy atom. The van der Waals surface area contributed by atoms with E-state index in [1.807, 2.05) is 6.07 Å². The van der Waals surface area contributed by atoms with Gasteiger partial charge in [-0.2, -0.15) is 0 Å². The summed E-state index contributed by atoms with van der Waals surface area (Å²) in [4.78, 5) is 6.93. The largest absolute Gasteiger partial charge is 0.370 e. The van der Waals surface area contributed by atoms with Crippen LogP contribution in [-0.2, 0) is 0 Å². The number of hydrogen-bond acceptors (Lipinski definition) is 3. The molecule has 0 aliphatic heterocycles. The molecule has 0 amide bonds. The molecule has 3 nitrogen and oxygen atoms in total. The highest BCUT2D eigenvalue weighted by Crippen LogP contribution is 2.14. The van der Waals surface area contributed by atoms with Crippen molar-refractivity contribution in [2.45, 2.75) is 33.6 Å². The molecule has 0 bridgehead atoms. The Bertz CT molecular complexity index is 299. The normalized spacial score (nSPS) is 10.2. The van der Waals surface area contributed by atoms with Crippen molar-refractivity contribution in [1.82, 2.24) is 4.98 Å². The molecule has 0 atom stereocenters. The Hall–Kier alpha value is -1.25. The summed E-state index contributed by atoms with van der Waals surface area (Å²) in [6.07, 6.45) is 2.45. The van der Waals surface area contributed by atoms with Crippen molar-refractivity contribution in [3.05, 3.63) is 18.2 Å². The first-order valence-electron chi connectivity index (χ1n) is 6.27. The van der Waals surface area contributed by atoms with Gasteiger partial charge in [0, 0.05) is 19.6 Å². The molecule has 1 aromatic heterocycles. The van der Waals surface area contributed by atoms with Gasteiger partial charge in [-0.3, -0.25) is 0 Å². The van der Waals surface area contributed by atoms with E-state index in [0.717, 1.165) is 31.3 Å². The molecule has 0 aliphatic rings. The van der Waals surface area contributed by atoms with Gasteiger partial charge in [-0.05, 0) is 32.4 Å². The summed E-state index contributed by atoms with van der Waals surface area (Å²) < 4.78 is 0. The van der Waals surface area contributed by atoms with Crippen molar-refractivity contribution in [3.8, 4) is 0 Å². The summed E-state index contributed by atoms with van der Waals surface area (Å²) in [5, 5.41) is 3.25. The van der Waals surface area contributed by atoms with E-state index in [1.54, 1.807) is 0 Å². The molecule has 0 saturated carbocycles. The maximum Gasteiger partial charge on any atom is 0.130 e. The number of aromatic nitrogens is 1. The molecule has 3 heteroatoms. The molecule has 1 N–H and O–H groups in total. The number of nitrogens with zero attached hydrogens (tertiary/aromatic N) is 2. The van der Waals surface area contributed by atoms with Crippen LogP contribution in [0.2, 0.25) is 0 Å². The van der Waals surface area contributed by atoms with E-state index in [4.69, 9.17) is 0 Å². The van der Waals surface area contributed by atoms with Gasteiger partial charge in [0.25, 0.3) is 0 Å². The van der Waals surface area contributed by atoms with Crippen LogP contribution in [0.15, 0.2) is 18.2 Å². The van der Waals surface area contributed by atoms with Gasteiger partial charge >= 0.3 is 0 Å². The summed E-state index contributed by atoms with van der Waals surface area (Å²) >= 11 is 0. The standard InChI is InChI=1S/C13H23N3/c1-4-7-11-16(6-3)13-10-8-9-12(15-13)14-5-2/h8-10H,4-7,11H2,1-3H3,(H,14,15). The highest BCUT2D eigenvalue weighted by molar-refractivity contribution is 5.46. The second kappa shape index (κ2) is 7.09. The fraction of sp³-hybridized carbons (Fsp3) is 0.615. The first-order chi connectivity index (χ1) is 7.81. The maximum absolute atomic E-state index is 4.60. The van der Waals surface area contributed by atoms with Crippen LogP contribution in [-0.4, -0.2) is 24.6 Å². The van der Waals surface area contributed by atoms with Gasteiger partial charge < -0.3 is 10.2 Å². The van der Waals surface area contributed by atoms with Crippen molar-refractivity contribution in [2.75, 3.05) is 29.9 Å². The topological polar surface area (TPSA) is 28.2 Å². The first kappa shape index (κ1) is 12.8. The molecule has 0 aromatic carbocycles. The van der Waals surface area contributed by atoms with Gasteiger partial charge in [-0.15, -0.1) is 0 Å². The molecule has 0 fully saturated rings. The zero-order valence-corrected chi connectivity index (χ0v) is 10.7. The third-order valence-electron chi connectivity index (χ3n) is 2.58. The fourth-order valence-electron chi connectivity index (χ4n) is 1.66. The fourth-order valence-corrected chi connectivity index (χ4v) is 1.66. The molecule has 1 heterocycles. The summed E-state index contributed by atoms with van der Waals surface area (Å²) in [6.45, 7) is 9.51. The average molecular weight is 221 g/mol. The van der Waals surface area contributed by atoms with Gasteiger partial charge in [0.1, 0.15) is 11.6 Å². The van der Waals surface area contributed by atoms with Crippen molar-refractivity contribution in [1.29, 1.82) is 0 Å². The molecule has 0 saturated heterocycles. The average Bonchev–Trinajstić information content (AvgIpc) is 2.31. The minimum atomic E-state index is 0.914. The SMILES string of the molecule is CCCCN(CC)c1cccc(NCC)n1. The van der Waals surface area contributed by atoms with Crippen LogP contribution in [0.25, 0.3) is 0 Å². The van der Waals surface area contributed by atoms with E-state index in [9.17, 15) is 0 Å². The first-order valence-corrected chi connectivity index (χ1v) is 6.27. The lowest BCUT2D eigenvalue weighted by molar-refractivity contribution is 0.724. The summed E-state index contributed by atoms with van der Waals surface area (Å²) in [5.74, 6) is 2.05. The smallest absolute Gasteiger partial charge is 0.130 e. The molecular weight excluding hydrogens is 198 g/mol. The summed E-state index contributed by atoms with van der Waals surface area (Å²) in [7, 11) is 0.